The summed E-state index contributed by atoms with van der Waals surface area (Å²) in [5.41, 5.74) is 6.65. The number of nitrogens with zero attached hydrogens (tertiary/aromatic N) is 2. The van der Waals surface area contributed by atoms with Crippen LogP contribution in [0.5, 0.6) is 0 Å². The smallest absolute Gasteiger partial charge is 0.237 e. The Morgan fingerprint density at radius 2 is 1.81 bits per heavy atom. The van der Waals surface area contributed by atoms with Crippen LogP contribution in [0.25, 0.3) is 0 Å². The molecule has 0 bridgehead atoms. The normalized spacial score (nSPS) is 11.4. The number of nitrogens with two attached hydrogens (primary N) is 1. The number of hydrogen-bond donors (Lipinski definition) is 1. The van der Waals surface area contributed by atoms with E-state index in [4.69, 9.17) is 18.0 Å². The zero-order valence-electron chi connectivity index (χ0n) is 12.2. The number of carbonyl (C=O) groups excluding carboxylic acids is 1. The van der Waals surface area contributed by atoms with Crippen LogP contribution in [0, 0.1) is 0 Å². The highest BCUT2D eigenvalue weighted by atomic mass is 32.2. The Hall–Kier alpha value is -1.51. The van der Waals surface area contributed by atoms with Crippen LogP contribution in [0.2, 0.25) is 0 Å². The number of benzene rings is 1. The van der Waals surface area contributed by atoms with Crippen LogP contribution in [0.3, 0.4) is 0 Å². The van der Waals surface area contributed by atoms with Crippen molar-refractivity contribution in [2.45, 2.75) is 5.75 Å². The van der Waals surface area contributed by atoms with E-state index in [1.165, 1.54) is 11.9 Å². The maximum absolute atomic E-state index is 12.3. The van der Waals surface area contributed by atoms with Crippen molar-refractivity contribution in [2.75, 3.05) is 27.7 Å². The molecule has 0 unspecified atom stereocenters. The molecule has 8 heteroatoms. The lowest BCUT2D eigenvalue weighted by atomic mass is 10.1. The third-order valence-electron chi connectivity index (χ3n) is 2.95. The first kappa shape index (κ1) is 17.5. The van der Waals surface area contributed by atoms with Gasteiger partial charge in [0.25, 0.3) is 0 Å². The molecule has 1 aromatic carbocycles. The van der Waals surface area contributed by atoms with E-state index < -0.39 is 10.0 Å². The fraction of sp³-hybridized carbons (Fsp3) is 0.385. The second kappa shape index (κ2) is 6.97. The van der Waals surface area contributed by atoms with Crippen molar-refractivity contribution in [3.05, 3.63) is 35.4 Å². The Kier molecular flexibility index (Phi) is 5.82. The van der Waals surface area contributed by atoms with E-state index in [2.05, 4.69) is 0 Å². The molecular formula is C13H19N3O3S2. The van der Waals surface area contributed by atoms with Crippen molar-refractivity contribution in [3.8, 4) is 0 Å². The molecule has 0 radical (unpaired) electrons. The van der Waals surface area contributed by atoms with Gasteiger partial charge in [0.1, 0.15) is 4.99 Å². The molecular weight excluding hydrogens is 310 g/mol. The summed E-state index contributed by atoms with van der Waals surface area (Å²) in [7, 11) is 0.897. The number of carbonyl (C=O) groups is 1. The minimum atomic E-state index is -3.63. The van der Waals surface area contributed by atoms with Gasteiger partial charge in [-0.2, -0.15) is 4.31 Å². The van der Waals surface area contributed by atoms with Gasteiger partial charge in [-0.3, -0.25) is 4.79 Å². The van der Waals surface area contributed by atoms with Gasteiger partial charge in [0.2, 0.25) is 15.9 Å². The summed E-state index contributed by atoms with van der Waals surface area (Å²) in [4.78, 5) is 13.1. The van der Waals surface area contributed by atoms with E-state index in [0.29, 0.717) is 11.1 Å². The molecule has 0 aliphatic rings. The summed E-state index contributed by atoms with van der Waals surface area (Å²) in [5, 5.41) is 0. The molecule has 2 N–H and O–H groups in total. The number of hydrogen-bond acceptors (Lipinski definition) is 4. The van der Waals surface area contributed by atoms with Crippen LogP contribution in [0.1, 0.15) is 11.1 Å². The summed E-state index contributed by atoms with van der Waals surface area (Å²) in [6.45, 7) is -0.204. The van der Waals surface area contributed by atoms with Crippen molar-refractivity contribution in [3.63, 3.8) is 0 Å². The molecule has 1 rings (SSSR count). The lowest BCUT2D eigenvalue weighted by Crippen LogP contribution is -2.38. The van der Waals surface area contributed by atoms with Gasteiger partial charge in [-0.15, -0.1) is 0 Å². The number of likely N-dealkylation sites (N-methyl/N-ethyl adjacent to an activating group) is 2. The Morgan fingerprint density at radius 1 is 1.24 bits per heavy atom. The Morgan fingerprint density at radius 3 is 2.33 bits per heavy atom. The van der Waals surface area contributed by atoms with E-state index in [1.807, 2.05) is 0 Å². The van der Waals surface area contributed by atoms with Crippen LogP contribution < -0.4 is 5.73 Å². The van der Waals surface area contributed by atoms with Gasteiger partial charge in [0.05, 0.1) is 12.3 Å². The van der Waals surface area contributed by atoms with Crippen molar-refractivity contribution in [2.24, 2.45) is 5.73 Å². The Labute approximate surface area is 130 Å². The summed E-state index contributed by atoms with van der Waals surface area (Å²) in [6, 6.07) is 6.80. The summed E-state index contributed by atoms with van der Waals surface area (Å²) >= 11 is 4.92. The molecule has 0 heterocycles. The molecule has 1 aromatic rings. The van der Waals surface area contributed by atoms with Crippen molar-refractivity contribution in [1.82, 2.24) is 9.21 Å². The van der Waals surface area contributed by atoms with E-state index in [1.54, 1.807) is 38.4 Å². The average molecular weight is 329 g/mol. The molecule has 1 amide bonds. The number of amides is 1. The fourth-order valence-electron chi connectivity index (χ4n) is 1.62. The summed E-state index contributed by atoms with van der Waals surface area (Å²) in [5.74, 6) is -0.540. The molecule has 116 valence electrons. The van der Waals surface area contributed by atoms with E-state index in [-0.39, 0.29) is 23.2 Å². The fourth-order valence-corrected chi connectivity index (χ4v) is 2.99. The number of sulfonamides is 1. The minimum Gasteiger partial charge on any atom is -0.389 e. The molecule has 21 heavy (non-hydrogen) atoms. The molecule has 0 fully saturated rings. The first-order valence-corrected chi connectivity index (χ1v) is 8.18. The Balaban J connectivity index is 2.96. The van der Waals surface area contributed by atoms with Crippen LogP contribution in [-0.4, -0.2) is 56.2 Å². The third-order valence-corrected chi connectivity index (χ3v) is 4.93. The molecule has 0 aromatic heterocycles. The van der Waals surface area contributed by atoms with Crippen LogP contribution in [0.4, 0.5) is 0 Å². The van der Waals surface area contributed by atoms with Crippen molar-refractivity contribution in [1.29, 1.82) is 0 Å². The zero-order chi connectivity index (χ0) is 16.2. The molecule has 0 saturated heterocycles. The predicted molar refractivity (Wildman–Crippen MR) is 86.3 cm³/mol. The van der Waals surface area contributed by atoms with Gasteiger partial charge < -0.3 is 10.6 Å². The first-order valence-electron chi connectivity index (χ1n) is 6.17. The summed E-state index contributed by atoms with van der Waals surface area (Å²) < 4.78 is 25.6. The largest absolute Gasteiger partial charge is 0.389 e. The van der Waals surface area contributed by atoms with Crippen LogP contribution >= 0.6 is 12.2 Å². The van der Waals surface area contributed by atoms with Gasteiger partial charge in [0.15, 0.2) is 0 Å². The molecule has 0 aliphatic carbocycles. The van der Waals surface area contributed by atoms with Crippen LogP contribution in [-0.2, 0) is 20.6 Å². The highest BCUT2D eigenvalue weighted by Gasteiger charge is 2.23. The monoisotopic (exact) mass is 329 g/mol. The average Bonchev–Trinajstić information content (AvgIpc) is 2.38. The maximum atomic E-state index is 12.3. The van der Waals surface area contributed by atoms with Gasteiger partial charge in [-0.25, -0.2) is 8.42 Å². The molecule has 0 saturated carbocycles. The first-order chi connectivity index (χ1) is 9.65. The van der Waals surface area contributed by atoms with Crippen molar-refractivity contribution >= 4 is 33.1 Å². The SMILES string of the molecule is CN(C)C(=O)CN(C)S(=O)(=O)Cc1ccccc1C(N)=S. The topological polar surface area (TPSA) is 83.7 Å². The van der Waals surface area contributed by atoms with Gasteiger partial charge in [0, 0.05) is 26.7 Å². The highest BCUT2D eigenvalue weighted by molar-refractivity contribution is 7.88. The molecule has 6 nitrogen and oxygen atoms in total. The molecule has 0 spiro atoms. The van der Waals surface area contributed by atoms with Gasteiger partial charge in [-0.1, -0.05) is 36.5 Å². The third kappa shape index (κ3) is 4.76. The molecule has 0 atom stereocenters. The van der Waals surface area contributed by atoms with Crippen LogP contribution in [0.15, 0.2) is 24.3 Å². The van der Waals surface area contributed by atoms with E-state index in [9.17, 15) is 13.2 Å². The highest BCUT2D eigenvalue weighted by Crippen LogP contribution is 2.14. The number of thiocarbonyl (C=S) groups is 1. The molecule has 0 aliphatic heterocycles. The van der Waals surface area contributed by atoms with Gasteiger partial charge >= 0.3 is 0 Å². The predicted octanol–water partition coefficient (Wildman–Crippen LogP) is 0.171. The quantitative estimate of drug-likeness (QED) is 0.752. The lowest BCUT2D eigenvalue weighted by Gasteiger charge is -2.19. The minimum absolute atomic E-state index is 0.146. The van der Waals surface area contributed by atoms with E-state index in [0.717, 1.165) is 4.31 Å². The maximum Gasteiger partial charge on any atom is 0.237 e. The number of rotatable bonds is 6. The Bertz CT molecular complexity index is 642. The van der Waals surface area contributed by atoms with Gasteiger partial charge in [-0.05, 0) is 5.56 Å². The van der Waals surface area contributed by atoms with E-state index >= 15 is 0 Å². The second-order valence-corrected chi connectivity index (χ2v) is 7.34. The lowest BCUT2D eigenvalue weighted by molar-refractivity contribution is -0.128. The van der Waals surface area contributed by atoms with Crippen molar-refractivity contribution < 1.29 is 13.2 Å². The summed E-state index contributed by atoms with van der Waals surface area (Å²) in [6.07, 6.45) is 0. The standard InChI is InChI=1S/C13H19N3O3S2/c1-15(2)12(17)8-16(3)21(18,19)9-10-6-4-5-7-11(10)13(14)20/h4-7H,8-9H2,1-3H3,(H2,14,20). The second-order valence-electron chi connectivity index (χ2n) is 4.82. The zero-order valence-corrected chi connectivity index (χ0v) is 13.9.